The van der Waals surface area contributed by atoms with Crippen LogP contribution in [0.4, 0.5) is 0 Å². The first-order chi connectivity index (χ1) is 3.46. The summed E-state index contributed by atoms with van der Waals surface area (Å²) in [6.45, 7) is 1.08. The van der Waals surface area contributed by atoms with Gasteiger partial charge in [0.05, 0.1) is 0 Å². The van der Waals surface area contributed by atoms with E-state index in [-0.39, 0.29) is 125 Å². The quantitative estimate of drug-likeness (QED) is 0.305. The SMILES string of the molecule is CC(=O)O.O=S(O)O.[H-].[H-].[K+].[K+].[Zn]. The molecule has 0 fully saturated rings. The monoisotopic (exact) mass is 286 g/mol. The molecule has 5 nitrogen and oxygen atoms in total. The zero-order valence-electron chi connectivity index (χ0n) is 8.77. The van der Waals surface area contributed by atoms with Gasteiger partial charge in [-0.25, -0.2) is 0 Å². The minimum absolute atomic E-state index is 0. The molecule has 0 radical (unpaired) electrons. The Morgan fingerprint density at radius 1 is 1.36 bits per heavy atom. The van der Waals surface area contributed by atoms with Crippen molar-refractivity contribution in [2.24, 2.45) is 0 Å². The van der Waals surface area contributed by atoms with Gasteiger partial charge in [-0.1, -0.05) is 0 Å². The largest absolute Gasteiger partial charge is 1.00 e. The Labute approximate surface area is 168 Å². The van der Waals surface area contributed by atoms with E-state index in [0.717, 1.165) is 6.92 Å². The molecule has 9 heteroatoms. The number of hydrogen-bond donors (Lipinski definition) is 3. The molecule has 0 atom stereocenters. The van der Waals surface area contributed by atoms with Crippen LogP contribution in [0.2, 0.25) is 0 Å². The van der Waals surface area contributed by atoms with Gasteiger partial charge in [0, 0.05) is 26.4 Å². The van der Waals surface area contributed by atoms with Crippen LogP contribution in [-0.2, 0) is 35.6 Å². The van der Waals surface area contributed by atoms with E-state index in [9.17, 15) is 0 Å². The summed E-state index contributed by atoms with van der Waals surface area (Å²) in [5.74, 6) is -0.833. The van der Waals surface area contributed by atoms with Gasteiger partial charge < -0.3 is 7.96 Å². The number of hydrogen-bond acceptors (Lipinski definition) is 2. The molecule has 0 aromatic heterocycles. The molecule has 11 heavy (non-hydrogen) atoms. The predicted octanol–water partition coefficient (Wildman–Crippen LogP) is -6.00. The smallest absolute Gasteiger partial charge is 1.00 e. The van der Waals surface area contributed by atoms with Crippen LogP contribution in [0.5, 0.6) is 0 Å². The second-order valence-corrected chi connectivity index (χ2v) is 1.21. The van der Waals surface area contributed by atoms with E-state index in [1.807, 2.05) is 0 Å². The minimum Gasteiger partial charge on any atom is -1.00 e. The van der Waals surface area contributed by atoms with Crippen molar-refractivity contribution < 1.29 is 148 Å². The van der Waals surface area contributed by atoms with Crippen LogP contribution in [0.1, 0.15) is 9.78 Å². The van der Waals surface area contributed by atoms with E-state index < -0.39 is 17.3 Å². The Balaban J connectivity index is -0.00000000800. The van der Waals surface area contributed by atoms with Crippen molar-refractivity contribution in [3.8, 4) is 0 Å². The summed E-state index contributed by atoms with van der Waals surface area (Å²) in [7, 11) is 0. The van der Waals surface area contributed by atoms with Gasteiger partial charge in [-0.15, -0.1) is 0 Å². The van der Waals surface area contributed by atoms with Crippen molar-refractivity contribution >= 4 is 17.3 Å². The van der Waals surface area contributed by atoms with Gasteiger partial charge in [-0.3, -0.25) is 13.9 Å². The summed E-state index contributed by atoms with van der Waals surface area (Å²) >= 11 is -2.61. The predicted molar refractivity (Wildman–Crippen MR) is 28.9 cm³/mol. The fraction of sp³-hybridized carbons (Fsp3) is 0.500. The van der Waals surface area contributed by atoms with Crippen molar-refractivity contribution in [3.63, 3.8) is 0 Å². The average Bonchev–Trinajstić information content (AvgIpc) is 1.25. The molecular weight excluding hydrogens is 280 g/mol. The molecule has 0 spiro atoms. The van der Waals surface area contributed by atoms with Gasteiger partial charge in [0.2, 0.25) is 0 Å². The van der Waals surface area contributed by atoms with Crippen molar-refractivity contribution in [1.29, 1.82) is 0 Å². The fourth-order valence-electron chi connectivity index (χ4n) is 0. The molecule has 0 aromatic rings. The second kappa shape index (κ2) is 23.3. The first-order valence-electron chi connectivity index (χ1n) is 1.46. The number of carboxylic acid groups (broad SMARTS) is 1. The molecule has 0 bridgehead atoms. The maximum absolute atomic E-state index is 9.00. The third kappa shape index (κ3) is 149. The first kappa shape index (κ1) is 29.3. The Bertz CT molecular complexity index is 88.5. The van der Waals surface area contributed by atoms with Crippen LogP contribution >= 0.6 is 0 Å². The van der Waals surface area contributed by atoms with Crippen molar-refractivity contribution in [3.05, 3.63) is 0 Å². The molecule has 0 saturated carbocycles. The number of rotatable bonds is 0. The minimum atomic E-state index is -2.61. The Morgan fingerprint density at radius 3 is 1.36 bits per heavy atom. The molecule has 0 unspecified atom stereocenters. The topological polar surface area (TPSA) is 94.8 Å². The molecule has 0 rings (SSSR count). The Morgan fingerprint density at radius 2 is 1.36 bits per heavy atom. The van der Waals surface area contributed by atoms with E-state index in [0.29, 0.717) is 0 Å². The number of aliphatic carboxylic acids is 1. The van der Waals surface area contributed by atoms with Crippen LogP contribution in [0.15, 0.2) is 0 Å². The third-order valence-electron chi connectivity index (χ3n) is 0. The first-order valence-corrected chi connectivity index (χ1v) is 2.52. The van der Waals surface area contributed by atoms with Gasteiger partial charge in [0.1, 0.15) is 0 Å². The number of carbonyl (C=O) groups is 1. The van der Waals surface area contributed by atoms with Gasteiger partial charge in [-0.2, -0.15) is 4.21 Å². The summed E-state index contributed by atoms with van der Waals surface area (Å²) in [4.78, 5) is 9.00. The molecule has 0 aliphatic carbocycles. The molecule has 0 aromatic carbocycles. The van der Waals surface area contributed by atoms with E-state index in [1.165, 1.54) is 0 Å². The summed E-state index contributed by atoms with van der Waals surface area (Å²) in [6, 6.07) is 0. The molecular formula is C2H8K2O5SZn. The molecule has 0 amide bonds. The maximum atomic E-state index is 9.00. The van der Waals surface area contributed by atoms with Gasteiger partial charge in [-0.05, 0) is 0 Å². The zero-order valence-corrected chi connectivity index (χ0v) is 16.8. The van der Waals surface area contributed by atoms with E-state index in [1.54, 1.807) is 0 Å². The van der Waals surface area contributed by atoms with Crippen molar-refractivity contribution in [2.75, 3.05) is 0 Å². The molecule has 0 heterocycles. The van der Waals surface area contributed by atoms with Crippen LogP contribution in [-0.4, -0.2) is 24.4 Å². The molecule has 0 aliphatic heterocycles. The molecule has 56 valence electrons. The van der Waals surface area contributed by atoms with Gasteiger partial charge in [0.25, 0.3) is 17.3 Å². The van der Waals surface area contributed by atoms with Crippen LogP contribution in [0, 0.1) is 0 Å². The van der Waals surface area contributed by atoms with E-state index in [2.05, 4.69) is 0 Å². The van der Waals surface area contributed by atoms with Crippen LogP contribution < -0.4 is 103 Å². The number of carboxylic acids is 1. The van der Waals surface area contributed by atoms with Gasteiger partial charge >= 0.3 is 103 Å². The average molecular weight is 288 g/mol. The summed E-state index contributed by atoms with van der Waals surface area (Å²) in [5.41, 5.74) is 0. The zero-order chi connectivity index (χ0) is 7.15. The normalized spacial score (nSPS) is 5.45. The standard InChI is InChI=1S/C2H4O2.2K.H2O3S.Zn.2H/c1-2(3)4;;;1-4(2)3;;;/h1H3,(H,3,4);;;(H2,1,2,3);;;/q;2*+1;;;2*-1. The summed E-state index contributed by atoms with van der Waals surface area (Å²) in [5, 5.41) is 7.42. The second-order valence-electron chi connectivity index (χ2n) is 0.750. The van der Waals surface area contributed by atoms with Crippen molar-refractivity contribution in [2.45, 2.75) is 6.92 Å². The van der Waals surface area contributed by atoms with E-state index in [4.69, 9.17) is 23.2 Å². The maximum Gasteiger partial charge on any atom is 1.00 e. The van der Waals surface area contributed by atoms with E-state index >= 15 is 0 Å². The molecule has 3 N–H and O–H groups in total. The van der Waals surface area contributed by atoms with Crippen LogP contribution in [0.3, 0.4) is 0 Å². The van der Waals surface area contributed by atoms with Gasteiger partial charge in [0.15, 0.2) is 0 Å². The van der Waals surface area contributed by atoms with Crippen molar-refractivity contribution in [1.82, 2.24) is 0 Å². The Kier molecular flexibility index (Phi) is 62.1. The summed E-state index contributed by atoms with van der Waals surface area (Å²) in [6.07, 6.45) is 0. The van der Waals surface area contributed by atoms with Crippen LogP contribution in [0.25, 0.3) is 0 Å². The summed E-state index contributed by atoms with van der Waals surface area (Å²) < 4.78 is 22.8. The Hall–Kier alpha value is 3.44. The fourth-order valence-corrected chi connectivity index (χ4v) is 0. The molecule has 0 saturated heterocycles. The third-order valence-corrected chi connectivity index (χ3v) is 0. The molecule has 0 aliphatic rings.